The highest BCUT2D eigenvalue weighted by Crippen LogP contribution is 2.34. The molecule has 6 heteroatoms. The molecule has 0 aromatic heterocycles. The van der Waals surface area contributed by atoms with Crippen molar-refractivity contribution in [3.8, 4) is 17.2 Å². The number of benzene rings is 2. The van der Waals surface area contributed by atoms with Crippen molar-refractivity contribution in [2.75, 3.05) is 19.2 Å². The van der Waals surface area contributed by atoms with Gasteiger partial charge >= 0.3 is 0 Å². The van der Waals surface area contributed by atoms with Crippen LogP contribution in [0.25, 0.3) is 0 Å². The molecule has 0 spiro atoms. The van der Waals surface area contributed by atoms with E-state index >= 15 is 0 Å². The molecule has 1 aliphatic rings. The molecule has 108 valence electrons. The molecule has 0 bridgehead atoms. The minimum absolute atomic E-state index is 0.192. The molecule has 3 rings (SSSR count). The third-order valence-corrected chi connectivity index (χ3v) is 3.36. The molecule has 1 N–H and O–H groups in total. The lowest BCUT2D eigenvalue weighted by molar-refractivity contribution is 0.102. The largest absolute Gasteiger partial charge is 0.497 e. The van der Waals surface area contributed by atoms with E-state index in [-0.39, 0.29) is 12.7 Å². The summed E-state index contributed by atoms with van der Waals surface area (Å²) in [5, 5.41) is 3.09. The lowest BCUT2D eigenvalue weighted by Crippen LogP contribution is -2.12. The molecule has 0 fully saturated rings. The Labute approximate surface area is 126 Å². The van der Waals surface area contributed by atoms with E-state index < -0.39 is 0 Å². The first-order valence-electron chi connectivity index (χ1n) is 6.22. The summed E-state index contributed by atoms with van der Waals surface area (Å²) in [4.78, 5) is 12.2. The van der Waals surface area contributed by atoms with Crippen LogP contribution in [-0.2, 0) is 0 Å². The van der Waals surface area contributed by atoms with Crippen molar-refractivity contribution in [3.05, 3.63) is 47.0 Å². The molecule has 2 aromatic carbocycles. The first-order valence-corrected chi connectivity index (χ1v) is 6.60. The number of rotatable bonds is 3. The second-order valence-electron chi connectivity index (χ2n) is 4.37. The van der Waals surface area contributed by atoms with Gasteiger partial charge in [0.25, 0.3) is 5.91 Å². The van der Waals surface area contributed by atoms with E-state index in [4.69, 9.17) is 25.8 Å². The Morgan fingerprint density at radius 3 is 2.76 bits per heavy atom. The molecule has 0 saturated heterocycles. The maximum atomic E-state index is 12.2. The third kappa shape index (κ3) is 2.73. The summed E-state index contributed by atoms with van der Waals surface area (Å²) < 4.78 is 15.5. The second kappa shape index (κ2) is 5.54. The van der Waals surface area contributed by atoms with Gasteiger partial charge in [-0.25, -0.2) is 0 Å². The van der Waals surface area contributed by atoms with Crippen molar-refractivity contribution in [1.82, 2.24) is 0 Å². The predicted octanol–water partition coefficient (Wildman–Crippen LogP) is 3.33. The van der Waals surface area contributed by atoms with Gasteiger partial charge in [0.15, 0.2) is 11.5 Å². The van der Waals surface area contributed by atoms with Gasteiger partial charge in [-0.1, -0.05) is 11.6 Å². The molecule has 0 atom stereocenters. The number of anilines is 1. The Hall–Kier alpha value is -2.40. The van der Waals surface area contributed by atoms with Gasteiger partial charge in [-0.15, -0.1) is 0 Å². The summed E-state index contributed by atoms with van der Waals surface area (Å²) in [6.07, 6.45) is 0. The van der Waals surface area contributed by atoms with Crippen LogP contribution in [0.1, 0.15) is 10.4 Å². The van der Waals surface area contributed by atoms with Crippen LogP contribution in [0.4, 0.5) is 5.69 Å². The van der Waals surface area contributed by atoms with Gasteiger partial charge in [-0.2, -0.15) is 0 Å². The summed E-state index contributed by atoms with van der Waals surface area (Å²) in [5.41, 5.74) is 0.978. The number of amides is 1. The van der Waals surface area contributed by atoms with E-state index in [1.807, 2.05) is 0 Å². The topological polar surface area (TPSA) is 56.8 Å². The van der Waals surface area contributed by atoms with Crippen molar-refractivity contribution in [2.24, 2.45) is 0 Å². The standard InChI is InChI=1S/C15H12ClNO4/c1-19-10-3-4-11(12(16)7-10)15(18)17-9-2-5-13-14(6-9)21-8-20-13/h2-7H,8H2,1H3,(H,17,18). The zero-order valence-electron chi connectivity index (χ0n) is 11.2. The minimum Gasteiger partial charge on any atom is -0.497 e. The Bertz CT molecular complexity index is 702. The average Bonchev–Trinajstić information content (AvgIpc) is 2.94. The first-order chi connectivity index (χ1) is 10.2. The van der Waals surface area contributed by atoms with Gasteiger partial charge in [-0.3, -0.25) is 4.79 Å². The fourth-order valence-corrected chi connectivity index (χ4v) is 2.24. The lowest BCUT2D eigenvalue weighted by atomic mass is 10.2. The van der Waals surface area contributed by atoms with Gasteiger partial charge in [0.1, 0.15) is 5.75 Å². The molecule has 0 unspecified atom stereocenters. The van der Waals surface area contributed by atoms with Gasteiger partial charge in [0.05, 0.1) is 17.7 Å². The van der Waals surface area contributed by atoms with E-state index in [0.29, 0.717) is 33.5 Å². The van der Waals surface area contributed by atoms with Crippen molar-refractivity contribution in [2.45, 2.75) is 0 Å². The monoisotopic (exact) mass is 305 g/mol. The van der Waals surface area contributed by atoms with Gasteiger partial charge in [-0.05, 0) is 30.3 Å². The van der Waals surface area contributed by atoms with Crippen LogP contribution < -0.4 is 19.5 Å². The average molecular weight is 306 g/mol. The Kier molecular flexibility index (Phi) is 3.58. The normalized spacial score (nSPS) is 12.1. The number of hydrogen-bond acceptors (Lipinski definition) is 4. The Balaban J connectivity index is 1.80. The highest BCUT2D eigenvalue weighted by Gasteiger charge is 2.16. The van der Waals surface area contributed by atoms with Crippen molar-refractivity contribution in [3.63, 3.8) is 0 Å². The molecule has 0 radical (unpaired) electrons. The molecule has 1 aliphatic heterocycles. The number of fused-ring (bicyclic) bond motifs is 1. The number of halogens is 1. The summed E-state index contributed by atoms with van der Waals surface area (Å²) in [5.74, 6) is 1.56. The van der Waals surface area contributed by atoms with Crippen LogP contribution in [-0.4, -0.2) is 19.8 Å². The lowest BCUT2D eigenvalue weighted by Gasteiger charge is -2.08. The van der Waals surface area contributed by atoms with E-state index in [0.717, 1.165) is 0 Å². The fourth-order valence-electron chi connectivity index (χ4n) is 1.98. The fraction of sp³-hybridized carbons (Fsp3) is 0.133. The molecular weight excluding hydrogens is 294 g/mol. The highest BCUT2D eigenvalue weighted by atomic mass is 35.5. The summed E-state index contributed by atoms with van der Waals surface area (Å²) in [6, 6.07) is 10.1. The Morgan fingerprint density at radius 1 is 1.19 bits per heavy atom. The molecule has 21 heavy (non-hydrogen) atoms. The van der Waals surface area contributed by atoms with Gasteiger partial charge in [0, 0.05) is 11.8 Å². The smallest absolute Gasteiger partial charge is 0.257 e. The second-order valence-corrected chi connectivity index (χ2v) is 4.78. The van der Waals surface area contributed by atoms with E-state index in [2.05, 4.69) is 5.32 Å². The first kappa shape index (κ1) is 13.6. The van der Waals surface area contributed by atoms with Crippen LogP contribution in [0.2, 0.25) is 5.02 Å². The third-order valence-electron chi connectivity index (χ3n) is 3.05. The summed E-state index contributed by atoms with van der Waals surface area (Å²) >= 11 is 6.08. The molecule has 0 saturated carbocycles. The quantitative estimate of drug-likeness (QED) is 0.945. The van der Waals surface area contributed by atoms with Gasteiger partial charge in [0.2, 0.25) is 6.79 Å². The van der Waals surface area contributed by atoms with E-state index in [1.54, 1.807) is 36.4 Å². The van der Waals surface area contributed by atoms with Crippen LogP contribution in [0.15, 0.2) is 36.4 Å². The zero-order chi connectivity index (χ0) is 14.8. The number of carbonyl (C=O) groups excluding carboxylic acids is 1. The van der Waals surface area contributed by atoms with Gasteiger partial charge < -0.3 is 19.5 Å². The van der Waals surface area contributed by atoms with Crippen molar-refractivity contribution in [1.29, 1.82) is 0 Å². The number of nitrogens with one attached hydrogen (secondary N) is 1. The Morgan fingerprint density at radius 2 is 2.00 bits per heavy atom. The van der Waals surface area contributed by atoms with Crippen LogP contribution in [0, 0.1) is 0 Å². The maximum absolute atomic E-state index is 12.2. The van der Waals surface area contributed by atoms with E-state index in [9.17, 15) is 4.79 Å². The molecular formula is C15H12ClNO4. The number of hydrogen-bond donors (Lipinski definition) is 1. The van der Waals surface area contributed by atoms with Crippen LogP contribution in [0.5, 0.6) is 17.2 Å². The highest BCUT2D eigenvalue weighted by molar-refractivity contribution is 6.34. The van der Waals surface area contributed by atoms with Crippen molar-refractivity contribution < 1.29 is 19.0 Å². The maximum Gasteiger partial charge on any atom is 0.257 e. The van der Waals surface area contributed by atoms with Crippen LogP contribution in [0.3, 0.4) is 0 Å². The zero-order valence-corrected chi connectivity index (χ0v) is 11.9. The number of ether oxygens (including phenoxy) is 3. The van der Waals surface area contributed by atoms with Crippen LogP contribution >= 0.6 is 11.6 Å². The SMILES string of the molecule is COc1ccc(C(=O)Nc2ccc3c(c2)OCO3)c(Cl)c1. The molecule has 0 aliphatic carbocycles. The van der Waals surface area contributed by atoms with E-state index in [1.165, 1.54) is 7.11 Å². The number of methoxy groups -OCH3 is 1. The molecule has 5 nitrogen and oxygen atoms in total. The summed E-state index contributed by atoms with van der Waals surface area (Å²) in [6.45, 7) is 0.192. The molecule has 1 amide bonds. The minimum atomic E-state index is -0.304. The number of carbonyl (C=O) groups is 1. The summed E-state index contributed by atoms with van der Waals surface area (Å²) in [7, 11) is 1.54. The van der Waals surface area contributed by atoms with Crippen molar-refractivity contribution >= 4 is 23.2 Å². The predicted molar refractivity (Wildman–Crippen MR) is 78.5 cm³/mol. The molecule has 1 heterocycles. The molecule has 2 aromatic rings.